The van der Waals surface area contributed by atoms with E-state index >= 15 is 0 Å². The van der Waals surface area contributed by atoms with E-state index < -0.39 is 5.54 Å². The standard InChI is InChI=1S/C34H40N4O4/c1-27(39)38(26-35-31-13-8-14-32(23-31)42-22-19-37-17-20-41-21-18-37)34(24-28-9-4-2-5-10-28)16-15-29(25-34)33(40)36-30-11-6-3-7-12-30/h2-14,23,25,35H,15-22,24,26H2,1H3,(H,36,40). The van der Waals surface area contributed by atoms with Crippen LogP contribution in [0.4, 0.5) is 11.4 Å². The Balaban J connectivity index is 1.30. The average molecular weight is 569 g/mol. The van der Waals surface area contributed by atoms with Crippen LogP contribution in [-0.4, -0.2) is 73.3 Å². The van der Waals surface area contributed by atoms with Crippen LogP contribution in [0.15, 0.2) is 96.6 Å². The molecule has 1 heterocycles. The zero-order chi connectivity index (χ0) is 29.2. The molecule has 42 heavy (non-hydrogen) atoms. The van der Waals surface area contributed by atoms with Gasteiger partial charge in [0.05, 0.1) is 25.4 Å². The van der Waals surface area contributed by atoms with Crippen LogP contribution in [0.2, 0.25) is 0 Å². The third kappa shape index (κ3) is 7.78. The SMILES string of the molecule is CC(=O)N(CNc1cccc(OCCN2CCOCC2)c1)C1(Cc2ccccc2)C=C(C(=O)Nc2ccccc2)CC1. The molecule has 3 aromatic rings. The van der Waals surface area contributed by atoms with E-state index in [1.807, 2.05) is 83.8 Å². The van der Waals surface area contributed by atoms with Gasteiger partial charge in [0.1, 0.15) is 12.4 Å². The summed E-state index contributed by atoms with van der Waals surface area (Å²) >= 11 is 0. The molecule has 0 aromatic heterocycles. The van der Waals surface area contributed by atoms with Crippen molar-refractivity contribution in [1.82, 2.24) is 9.80 Å². The molecule has 2 N–H and O–H groups in total. The monoisotopic (exact) mass is 568 g/mol. The number of nitrogens with one attached hydrogen (secondary N) is 2. The highest BCUT2D eigenvalue weighted by Crippen LogP contribution is 2.37. The summed E-state index contributed by atoms with van der Waals surface area (Å²) in [5.41, 5.74) is 2.78. The minimum Gasteiger partial charge on any atom is -0.492 e. The van der Waals surface area contributed by atoms with Crippen molar-refractivity contribution in [3.8, 4) is 5.75 Å². The molecule has 8 nitrogen and oxygen atoms in total. The van der Waals surface area contributed by atoms with Crippen molar-refractivity contribution in [1.29, 1.82) is 0 Å². The van der Waals surface area contributed by atoms with Gasteiger partial charge in [0.15, 0.2) is 0 Å². The van der Waals surface area contributed by atoms with E-state index in [0.29, 0.717) is 38.1 Å². The minimum atomic E-state index is -0.643. The number of carbonyl (C=O) groups excluding carboxylic acids is 2. The fraction of sp³-hybridized carbons (Fsp3) is 0.353. The molecule has 1 atom stereocenters. The molecule has 3 aromatic carbocycles. The molecule has 1 fully saturated rings. The molecule has 1 saturated heterocycles. The number of benzene rings is 3. The lowest BCUT2D eigenvalue weighted by Crippen LogP contribution is -2.52. The maximum atomic E-state index is 13.2. The van der Waals surface area contributed by atoms with Crippen molar-refractivity contribution in [2.75, 3.05) is 56.8 Å². The van der Waals surface area contributed by atoms with Gasteiger partial charge in [0, 0.05) is 49.6 Å². The Bertz CT molecular complexity index is 1360. The topological polar surface area (TPSA) is 83.1 Å². The molecule has 2 aliphatic rings. The molecular formula is C34H40N4O4. The van der Waals surface area contributed by atoms with E-state index in [0.717, 1.165) is 55.5 Å². The number of carbonyl (C=O) groups is 2. The summed E-state index contributed by atoms with van der Waals surface area (Å²) in [6.07, 6.45) is 3.86. The highest BCUT2D eigenvalue weighted by molar-refractivity contribution is 6.04. The fourth-order valence-electron chi connectivity index (χ4n) is 5.69. The van der Waals surface area contributed by atoms with Crippen molar-refractivity contribution in [2.45, 2.75) is 31.7 Å². The van der Waals surface area contributed by atoms with E-state index in [1.165, 1.54) is 0 Å². The minimum absolute atomic E-state index is 0.0580. The maximum absolute atomic E-state index is 13.2. The largest absolute Gasteiger partial charge is 0.492 e. The first-order chi connectivity index (χ1) is 20.5. The van der Waals surface area contributed by atoms with Crippen molar-refractivity contribution in [2.24, 2.45) is 0 Å². The number of nitrogens with zero attached hydrogens (tertiary/aromatic N) is 2. The molecule has 1 aliphatic carbocycles. The van der Waals surface area contributed by atoms with Crippen LogP contribution in [0.5, 0.6) is 5.75 Å². The molecule has 0 spiro atoms. The number of para-hydroxylation sites is 1. The number of ether oxygens (including phenoxy) is 2. The highest BCUT2D eigenvalue weighted by atomic mass is 16.5. The van der Waals surface area contributed by atoms with E-state index in [-0.39, 0.29) is 11.8 Å². The fourth-order valence-corrected chi connectivity index (χ4v) is 5.69. The van der Waals surface area contributed by atoms with Gasteiger partial charge >= 0.3 is 0 Å². The second-order valence-corrected chi connectivity index (χ2v) is 10.9. The van der Waals surface area contributed by atoms with Crippen LogP contribution in [0.25, 0.3) is 0 Å². The van der Waals surface area contributed by atoms with E-state index in [4.69, 9.17) is 9.47 Å². The van der Waals surface area contributed by atoms with Gasteiger partial charge in [-0.2, -0.15) is 0 Å². The van der Waals surface area contributed by atoms with Crippen LogP contribution in [-0.2, 0) is 20.7 Å². The highest BCUT2D eigenvalue weighted by Gasteiger charge is 2.41. The van der Waals surface area contributed by atoms with Gasteiger partial charge in [0.2, 0.25) is 5.91 Å². The number of rotatable bonds is 12. The first-order valence-electron chi connectivity index (χ1n) is 14.7. The van der Waals surface area contributed by atoms with Crippen LogP contribution in [0.3, 0.4) is 0 Å². The summed E-state index contributed by atoms with van der Waals surface area (Å²) < 4.78 is 11.5. The molecule has 2 amide bonds. The number of hydrogen-bond donors (Lipinski definition) is 2. The summed E-state index contributed by atoms with van der Waals surface area (Å²) in [7, 11) is 0. The molecule has 220 valence electrons. The zero-order valence-corrected chi connectivity index (χ0v) is 24.3. The normalized spacial score (nSPS) is 18.6. The lowest BCUT2D eigenvalue weighted by Gasteiger charge is -2.40. The average Bonchev–Trinajstić information content (AvgIpc) is 3.43. The van der Waals surface area contributed by atoms with Gasteiger partial charge in [-0.1, -0.05) is 54.6 Å². The Morgan fingerprint density at radius 3 is 2.40 bits per heavy atom. The van der Waals surface area contributed by atoms with E-state index in [2.05, 4.69) is 27.7 Å². The van der Waals surface area contributed by atoms with Crippen molar-refractivity contribution in [3.05, 3.63) is 102 Å². The van der Waals surface area contributed by atoms with E-state index in [9.17, 15) is 9.59 Å². The van der Waals surface area contributed by atoms with Crippen LogP contribution in [0.1, 0.15) is 25.3 Å². The molecule has 8 heteroatoms. The van der Waals surface area contributed by atoms with Gasteiger partial charge < -0.3 is 25.0 Å². The molecule has 0 saturated carbocycles. The number of anilines is 2. The van der Waals surface area contributed by atoms with Gasteiger partial charge in [-0.25, -0.2) is 0 Å². The zero-order valence-electron chi connectivity index (χ0n) is 24.3. The first-order valence-corrected chi connectivity index (χ1v) is 14.7. The molecule has 5 rings (SSSR count). The Hall–Kier alpha value is -4.14. The van der Waals surface area contributed by atoms with Crippen LogP contribution >= 0.6 is 0 Å². The lowest BCUT2D eigenvalue weighted by atomic mass is 9.88. The molecule has 1 unspecified atom stereocenters. The summed E-state index contributed by atoms with van der Waals surface area (Å²) in [4.78, 5) is 30.6. The summed E-state index contributed by atoms with van der Waals surface area (Å²) in [5, 5.41) is 6.45. The van der Waals surface area contributed by atoms with Crippen LogP contribution in [0, 0.1) is 0 Å². The lowest BCUT2D eigenvalue weighted by molar-refractivity contribution is -0.133. The van der Waals surface area contributed by atoms with Crippen molar-refractivity contribution >= 4 is 23.2 Å². The Labute approximate surface area is 248 Å². The summed E-state index contributed by atoms with van der Waals surface area (Å²) in [6, 6.07) is 27.4. The predicted molar refractivity (Wildman–Crippen MR) is 165 cm³/mol. The van der Waals surface area contributed by atoms with Gasteiger partial charge in [-0.05, 0) is 55.2 Å². The first kappa shape index (κ1) is 29.4. The predicted octanol–water partition coefficient (Wildman–Crippen LogP) is 4.96. The molecular weight excluding hydrogens is 528 g/mol. The second kappa shape index (κ2) is 14.2. The second-order valence-electron chi connectivity index (χ2n) is 10.9. The number of amides is 2. The molecule has 1 aliphatic heterocycles. The third-order valence-electron chi connectivity index (χ3n) is 7.92. The third-order valence-corrected chi connectivity index (χ3v) is 7.92. The Morgan fingerprint density at radius 1 is 0.952 bits per heavy atom. The van der Waals surface area contributed by atoms with E-state index in [1.54, 1.807) is 6.92 Å². The maximum Gasteiger partial charge on any atom is 0.251 e. The van der Waals surface area contributed by atoms with Crippen LogP contribution < -0.4 is 15.4 Å². The van der Waals surface area contributed by atoms with Gasteiger partial charge in [-0.15, -0.1) is 0 Å². The summed E-state index contributed by atoms with van der Waals surface area (Å²) in [5.74, 6) is 0.592. The van der Waals surface area contributed by atoms with Crippen molar-refractivity contribution in [3.63, 3.8) is 0 Å². The van der Waals surface area contributed by atoms with Gasteiger partial charge in [-0.3, -0.25) is 14.5 Å². The Kier molecular flexibility index (Phi) is 9.90. The number of morpholine rings is 1. The van der Waals surface area contributed by atoms with Crippen molar-refractivity contribution < 1.29 is 19.1 Å². The quantitative estimate of drug-likeness (QED) is 0.301. The Morgan fingerprint density at radius 2 is 1.67 bits per heavy atom. The van der Waals surface area contributed by atoms with Gasteiger partial charge in [0.25, 0.3) is 5.91 Å². The molecule has 0 radical (unpaired) electrons. The summed E-state index contributed by atoms with van der Waals surface area (Å²) in [6.45, 7) is 6.74. The molecule has 0 bridgehead atoms. The number of hydrogen-bond acceptors (Lipinski definition) is 6. The smallest absolute Gasteiger partial charge is 0.251 e.